The highest BCUT2D eigenvalue weighted by Gasteiger charge is 2.29. The number of aliphatic carboxylic acids is 1. The van der Waals surface area contributed by atoms with E-state index >= 15 is 0 Å². The van der Waals surface area contributed by atoms with Crippen molar-refractivity contribution in [1.82, 2.24) is 45.5 Å². The molecule has 7 amide bonds. The Morgan fingerprint density at radius 1 is 0.438 bits per heavy atom. The molecule has 25 nitrogen and oxygen atoms in total. The molecule has 10 aromatic carbocycles. The molecule has 5 N–H and O–H groups in total. The lowest BCUT2D eigenvalue weighted by Crippen LogP contribution is -2.45. The number of carboxylic acids is 1. The number of nitrogens with zero attached hydrogens (tertiary/aromatic N) is 6. The number of carbonyl (C=O) groups is 9. The predicted molar refractivity (Wildman–Crippen MR) is 552 cm³/mol. The highest BCUT2D eigenvalue weighted by Crippen LogP contribution is 2.25. The number of ether oxygens (including phenoxy) is 2. The Hall–Kier alpha value is -13.8. The molecule has 12 rings (SSSR count). The molecule has 2 aliphatic heterocycles. The van der Waals surface area contributed by atoms with Gasteiger partial charge in [0.25, 0.3) is 41.4 Å². The number of carboxylic acid groups (broad SMARTS) is 1. The highest BCUT2D eigenvalue weighted by molar-refractivity contribution is 5.98. The van der Waals surface area contributed by atoms with Gasteiger partial charge in [-0.1, -0.05) is 132 Å². The summed E-state index contributed by atoms with van der Waals surface area (Å²) in [6.07, 6.45) is 7.93. The van der Waals surface area contributed by atoms with Gasteiger partial charge in [-0.2, -0.15) is 9.59 Å². The molecule has 0 saturated carbocycles. The molecule has 144 heavy (non-hydrogen) atoms. The number of rotatable bonds is 28. The van der Waals surface area contributed by atoms with Crippen molar-refractivity contribution in [3.8, 4) is 0 Å². The van der Waals surface area contributed by atoms with Crippen LogP contribution in [0.15, 0.2) is 212 Å². The van der Waals surface area contributed by atoms with E-state index in [0.717, 1.165) is 106 Å². The largest absolute Gasteiger partial charge is 0.481 e. The van der Waals surface area contributed by atoms with Gasteiger partial charge in [0.05, 0.1) is 60.2 Å². The average molecular weight is 2000 g/mol. The van der Waals surface area contributed by atoms with Crippen LogP contribution in [0.4, 0.5) is 32.0 Å². The van der Waals surface area contributed by atoms with E-state index in [9.17, 15) is 69.5 Å². The van der Waals surface area contributed by atoms with Gasteiger partial charge in [0.2, 0.25) is 0 Å². The number of nitrogens with one attached hydrogen (secondary N) is 4. The molecule has 0 aliphatic carbocycles. The number of benzene rings is 10. The molecule has 0 aromatic heterocycles. The SMILES string of the molecule is CCNC(=O)c1ccc(C)cc1F.COCCN(CCOC)C(=O)c1ccc(C)cc1.CON(C)C(=O)c1ccc(C)cc1F.Cc1ccc(C(=O)CCCCN(C)C)cc1.Cc1ccc(C(=O)N(C)C)c(F)c1.Cc1ccc(C(=O)N2CCC(N3CCCC3)CC2)cc1.Cc1ccc(C(=O)NC(C)(C)C)c(F)c1.Cc1ccc(C(=O)NCc2ccccc2)c(F)c1.Cc1ccc(NCCC(=O)O)c(F)c1.O=C=O. The van der Waals surface area contributed by atoms with Crippen LogP contribution in [0.5, 0.6) is 0 Å². The van der Waals surface area contributed by atoms with Gasteiger partial charge < -0.3 is 60.3 Å². The summed E-state index contributed by atoms with van der Waals surface area (Å²) in [4.78, 5) is 135. The van der Waals surface area contributed by atoms with Crippen molar-refractivity contribution < 1.29 is 98.5 Å². The molecule has 0 atom stereocenters. The first-order valence-electron chi connectivity index (χ1n) is 47.4. The third kappa shape index (κ3) is 48.3. The van der Waals surface area contributed by atoms with E-state index in [-0.39, 0.29) is 93.6 Å². The standard InChI is InChI=1S/C17H24N2O.C15H14FNO.C14H21NO3.C14H21NO.C12H16FNO.2C10H12FNO2.2C10H12FNO.CO2/c1-14-4-6-15(7-5-14)17(20)19-12-8-16(9-13-19)18-10-2-3-11-18;1-11-7-8-13(14(16)9-11)15(18)17-10-12-5-3-2-4-6-12;1-12-4-6-13(7-5-12)14(16)15(8-10-17-2)9-11-18-3;1-12-7-9-13(10-8-12)14(16)6-4-5-11-15(2)3;1-8-5-6-9(10(13)7-8)11(15)14-12(2,3)4;1-7-4-5-8(9(11)6-7)10(13)12(2)14-3;1-7-2-3-9(8(11)6-7)12-5-4-10(13)14;1-7-4-5-8(9(11)6-7)10(13)12(2)3;1-3-12-10(13)8-5-4-7(2)6-9(8)11;2-1-3/h4-7,16H,2-3,8-13H2,1H3;2-9H,10H2,1H3,(H,17,18);4-7H,8-11H2,1-3H3;7-10H,4-6,11H2,1-3H3;5-7H,1-4H3,(H,14,15);4-6H,1-3H3;2-3,6,12H,4-5H2,1H3,(H,13,14);4-6H,1-3H3;4-6H,3H2,1-2H3,(H,12,13);. The van der Waals surface area contributed by atoms with Crippen molar-refractivity contribution in [2.45, 2.75) is 160 Å². The summed E-state index contributed by atoms with van der Waals surface area (Å²) in [6.45, 7) is 32.9. The summed E-state index contributed by atoms with van der Waals surface area (Å²) in [7, 11) is 13.4. The van der Waals surface area contributed by atoms with E-state index in [1.54, 1.807) is 124 Å². The minimum atomic E-state index is -0.898. The fourth-order valence-electron chi connectivity index (χ4n) is 13.7. The highest BCUT2D eigenvalue weighted by atomic mass is 19.1. The van der Waals surface area contributed by atoms with Crippen LogP contribution in [0.2, 0.25) is 0 Å². The smallest absolute Gasteiger partial charge is 0.373 e. The van der Waals surface area contributed by atoms with Gasteiger partial charge in [-0.15, -0.1) is 0 Å². The van der Waals surface area contributed by atoms with Crippen LogP contribution in [0, 0.1) is 97.2 Å². The third-order valence-electron chi connectivity index (χ3n) is 21.7. The van der Waals surface area contributed by atoms with E-state index in [1.807, 2.05) is 143 Å². The van der Waals surface area contributed by atoms with Crippen molar-refractivity contribution in [2.24, 2.45) is 0 Å². The van der Waals surface area contributed by atoms with Gasteiger partial charge in [0.1, 0.15) is 34.9 Å². The number of unbranched alkanes of at least 4 members (excludes halogenated alkanes) is 1. The number of hydroxylamine groups is 2. The molecule has 2 heterocycles. The lowest BCUT2D eigenvalue weighted by Gasteiger charge is -2.36. The molecule has 31 heteroatoms. The van der Waals surface area contributed by atoms with Gasteiger partial charge in [-0.05, 0) is 298 Å². The van der Waals surface area contributed by atoms with Crippen LogP contribution in [-0.4, -0.2) is 234 Å². The van der Waals surface area contributed by atoms with E-state index < -0.39 is 46.9 Å². The Balaban J connectivity index is 0.000000416. The molecular weight excluding hydrogens is 1850 g/mol. The Morgan fingerprint density at radius 3 is 1.20 bits per heavy atom. The first-order valence-corrected chi connectivity index (χ1v) is 47.4. The minimum Gasteiger partial charge on any atom is -0.481 e. The molecule has 2 saturated heterocycles. The summed E-state index contributed by atoms with van der Waals surface area (Å²) >= 11 is 0. The number of amides is 7. The second-order valence-corrected chi connectivity index (χ2v) is 35.8. The number of ketones is 1. The zero-order chi connectivity index (χ0) is 108. The number of hydrogen-bond acceptors (Lipinski definition) is 17. The third-order valence-corrected chi connectivity index (χ3v) is 21.7. The van der Waals surface area contributed by atoms with Gasteiger partial charge in [0, 0.05) is 116 Å². The topological polar surface area (TPSA) is 303 Å². The van der Waals surface area contributed by atoms with Crippen LogP contribution in [0.3, 0.4) is 0 Å². The van der Waals surface area contributed by atoms with Crippen molar-refractivity contribution in [1.29, 1.82) is 0 Å². The maximum atomic E-state index is 13.6. The van der Waals surface area contributed by atoms with Crippen molar-refractivity contribution in [3.05, 3.63) is 347 Å². The molecule has 2 aliphatic rings. The number of piperidine rings is 1. The quantitative estimate of drug-likeness (QED) is 0.0132. The fraction of sp³-hybridized carbons (Fsp3) is 0.381. The second-order valence-electron chi connectivity index (χ2n) is 35.8. The maximum Gasteiger partial charge on any atom is 0.373 e. The molecule has 0 radical (unpaired) electrons. The molecule has 2 fully saturated rings. The van der Waals surface area contributed by atoms with Crippen LogP contribution in [0.1, 0.15) is 218 Å². The average Bonchev–Trinajstić information content (AvgIpc) is 1.31. The normalized spacial score (nSPS) is 11.7. The molecule has 0 bridgehead atoms. The Bertz CT molecular complexity index is 5680. The number of hydrogen-bond donors (Lipinski definition) is 5. The Morgan fingerprint density at radius 2 is 0.819 bits per heavy atom. The summed E-state index contributed by atoms with van der Waals surface area (Å²) in [5, 5.41) is 20.0. The fourth-order valence-corrected chi connectivity index (χ4v) is 13.7. The second kappa shape index (κ2) is 66.9. The van der Waals surface area contributed by atoms with Crippen LogP contribution < -0.4 is 21.3 Å². The van der Waals surface area contributed by atoms with Crippen molar-refractivity contribution in [3.63, 3.8) is 0 Å². The lowest BCUT2D eigenvalue weighted by molar-refractivity contribution is -0.191. The minimum absolute atomic E-state index is 0.0138. The number of anilines is 1. The monoisotopic (exact) mass is 2000 g/mol. The molecule has 778 valence electrons. The van der Waals surface area contributed by atoms with Crippen LogP contribution in [0.25, 0.3) is 0 Å². The van der Waals surface area contributed by atoms with Gasteiger partial charge in [-0.25, -0.2) is 31.4 Å². The first kappa shape index (κ1) is 124. The zero-order valence-corrected chi connectivity index (χ0v) is 87.0. The summed E-state index contributed by atoms with van der Waals surface area (Å²) < 4.78 is 89.9. The molecular formula is C113H144F6N10O15. The summed E-state index contributed by atoms with van der Waals surface area (Å²) in [5.41, 5.74) is 12.2. The molecule has 0 unspecified atom stereocenters. The van der Waals surface area contributed by atoms with Gasteiger partial charge in [0.15, 0.2) is 5.78 Å². The summed E-state index contributed by atoms with van der Waals surface area (Å²) in [5.74, 6) is -5.12. The van der Waals surface area contributed by atoms with E-state index in [4.69, 9.17) is 24.2 Å². The lowest BCUT2D eigenvalue weighted by atomic mass is 10.0. The van der Waals surface area contributed by atoms with Crippen molar-refractivity contribution >= 4 is 64.9 Å². The molecule has 10 aromatic rings. The Kier molecular flexibility index (Phi) is 57.7. The van der Waals surface area contributed by atoms with E-state index in [2.05, 4.69) is 56.9 Å². The number of Topliss-reactive ketones (excluding diaryl/α,β-unsaturated/α-hetero) is 1. The molecule has 0 spiro atoms. The number of halogens is 6. The summed E-state index contributed by atoms with van der Waals surface area (Å²) in [6, 6.07) is 61.1. The van der Waals surface area contributed by atoms with Crippen molar-refractivity contribution in [2.75, 3.05) is 134 Å². The van der Waals surface area contributed by atoms with Gasteiger partial charge >= 0.3 is 12.1 Å². The zero-order valence-electron chi connectivity index (χ0n) is 87.0. The van der Waals surface area contributed by atoms with Crippen LogP contribution >= 0.6 is 0 Å². The van der Waals surface area contributed by atoms with Crippen LogP contribution in [-0.2, 0) is 35.2 Å². The Labute approximate surface area is 845 Å². The first-order chi connectivity index (χ1) is 68.2. The van der Waals surface area contributed by atoms with E-state index in [0.29, 0.717) is 63.1 Å². The number of likely N-dealkylation sites (tertiary alicyclic amines) is 2. The number of methoxy groups -OCH3 is 2. The number of carbonyl (C=O) groups excluding carboxylic acids is 10. The van der Waals surface area contributed by atoms with Gasteiger partial charge in [-0.3, -0.25) is 48.0 Å². The number of aryl methyl sites for hydroxylation is 9. The van der Waals surface area contributed by atoms with E-state index in [1.165, 1.54) is 123 Å². The predicted octanol–water partition coefficient (Wildman–Crippen LogP) is 20.0. The maximum absolute atomic E-state index is 13.6.